The van der Waals surface area contributed by atoms with Crippen molar-refractivity contribution in [1.29, 1.82) is 0 Å². The standard InChI is InChI=1S/C25H27N5O3/c1-32-27-21-16-22(23-26-25(28-33-23)29-14-6-3-7-15-29)30(17-21)24(31)20-12-10-19(11-13-20)18-8-4-2-5-9-18/h2,4-5,8-13,17,22,27H,3,6-7,14-16H2,1H3. The summed E-state index contributed by atoms with van der Waals surface area (Å²) in [5, 5.41) is 4.19. The molecule has 0 bridgehead atoms. The number of benzene rings is 2. The van der Waals surface area contributed by atoms with E-state index in [1.165, 1.54) is 6.42 Å². The van der Waals surface area contributed by atoms with Gasteiger partial charge in [-0.05, 0) is 47.7 Å². The van der Waals surface area contributed by atoms with Crippen LogP contribution in [0.15, 0.2) is 71.0 Å². The van der Waals surface area contributed by atoms with Crippen molar-refractivity contribution in [3.05, 3.63) is 77.9 Å². The molecule has 3 aromatic rings. The zero-order chi connectivity index (χ0) is 22.6. The van der Waals surface area contributed by atoms with E-state index in [9.17, 15) is 4.79 Å². The van der Waals surface area contributed by atoms with Crippen molar-refractivity contribution in [2.75, 3.05) is 25.1 Å². The van der Waals surface area contributed by atoms with Crippen LogP contribution >= 0.6 is 0 Å². The molecule has 2 aromatic carbocycles. The van der Waals surface area contributed by atoms with Gasteiger partial charge in [-0.3, -0.25) is 15.1 Å². The van der Waals surface area contributed by atoms with E-state index < -0.39 is 6.04 Å². The van der Waals surface area contributed by atoms with E-state index in [0.717, 1.165) is 42.8 Å². The molecule has 0 aliphatic carbocycles. The van der Waals surface area contributed by atoms with E-state index in [1.54, 1.807) is 18.2 Å². The Kier molecular flexibility index (Phi) is 6.08. The van der Waals surface area contributed by atoms with Crippen molar-refractivity contribution in [3.8, 4) is 11.1 Å². The number of hydrogen-bond donors (Lipinski definition) is 1. The highest BCUT2D eigenvalue weighted by Gasteiger charge is 2.36. The molecule has 0 spiro atoms. The second-order valence-corrected chi connectivity index (χ2v) is 8.32. The van der Waals surface area contributed by atoms with E-state index in [4.69, 9.17) is 9.36 Å². The van der Waals surface area contributed by atoms with Crippen molar-refractivity contribution >= 4 is 11.9 Å². The number of hydroxylamine groups is 1. The van der Waals surface area contributed by atoms with Gasteiger partial charge in [0.2, 0.25) is 0 Å². The summed E-state index contributed by atoms with van der Waals surface area (Å²) in [5.41, 5.74) is 6.38. The van der Waals surface area contributed by atoms with Gasteiger partial charge in [-0.25, -0.2) is 0 Å². The van der Waals surface area contributed by atoms with Crippen molar-refractivity contribution in [2.45, 2.75) is 31.7 Å². The lowest BCUT2D eigenvalue weighted by Gasteiger charge is -2.24. The fourth-order valence-electron chi connectivity index (χ4n) is 4.39. The third-order valence-corrected chi connectivity index (χ3v) is 6.11. The summed E-state index contributed by atoms with van der Waals surface area (Å²) in [7, 11) is 1.55. The molecular weight excluding hydrogens is 418 g/mol. The van der Waals surface area contributed by atoms with Gasteiger partial charge in [0.05, 0.1) is 12.8 Å². The van der Waals surface area contributed by atoms with Crippen LogP contribution < -0.4 is 10.4 Å². The second-order valence-electron chi connectivity index (χ2n) is 8.32. The monoisotopic (exact) mass is 445 g/mol. The first-order chi connectivity index (χ1) is 16.2. The largest absolute Gasteiger partial charge is 0.338 e. The quantitative estimate of drug-likeness (QED) is 0.566. The van der Waals surface area contributed by atoms with E-state index in [-0.39, 0.29) is 5.91 Å². The SMILES string of the molecule is CONC1=CN(C(=O)c2ccc(-c3ccccc3)cc2)C(c2nc(N3CCCCC3)no2)C1. The predicted molar refractivity (Wildman–Crippen MR) is 124 cm³/mol. The summed E-state index contributed by atoms with van der Waals surface area (Å²) < 4.78 is 5.62. The van der Waals surface area contributed by atoms with Gasteiger partial charge in [-0.2, -0.15) is 4.98 Å². The lowest BCUT2D eigenvalue weighted by atomic mass is 10.0. The highest BCUT2D eigenvalue weighted by molar-refractivity contribution is 5.96. The molecule has 1 N–H and O–H groups in total. The van der Waals surface area contributed by atoms with Crippen molar-refractivity contribution in [1.82, 2.24) is 20.5 Å². The zero-order valence-electron chi connectivity index (χ0n) is 18.6. The maximum Gasteiger partial charge on any atom is 0.266 e. The first-order valence-electron chi connectivity index (χ1n) is 11.3. The number of carbonyl (C=O) groups is 1. The van der Waals surface area contributed by atoms with Crippen LogP contribution in [0, 0.1) is 0 Å². The summed E-state index contributed by atoms with van der Waals surface area (Å²) >= 11 is 0. The van der Waals surface area contributed by atoms with Gasteiger partial charge in [0.15, 0.2) is 0 Å². The van der Waals surface area contributed by atoms with E-state index >= 15 is 0 Å². The van der Waals surface area contributed by atoms with Gasteiger partial charge < -0.3 is 14.3 Å². The molecule has 2 aliphatic heterocycles. The van der Waals surface area contributed by atoms with Crippen LogP contribution in [0.25, 0.3) is 11.1 Å². The molecule has 8 heteroatoms. The number of carbonyl (C=O) groups excluding carboxylic acids is 1. The number of anilines is 1. The molecule has 0 saturated carbocycles. The van der Waals surface area contributed by atoms with Gasteiger partial charge in [-0.1, -0.05) is 42.5 Å². The molecule has 1 fully saturated rings. The Labute approximate surface area is 192 Å². The highest BCUT2D eigenvalue weighted by Crippen LogP contribution is 2.35. The average Bonchev–Trinajstić information content (AvgIpc) is 3.53. The number of nitrogens with zero attached hydrogens (tertiary/aromatic N) is 4. The highest BCUT2D eigenvalue weighted by atomic mass is 16.6. The molecule has 2 aliphatic rings. The zero-order valence-corrected chi connectivity index (χ0v) is 18.6. The molecule has 33 heavy (non-hydrogen) atoms. The Morgan fingerprint density at radius 2 is 1.76 bits per heavy atom. The van der Waals surface area contributed by atoms with Crippen molar-refractivity contribution in [3.63, 3.8) is 0 Å². The first kappa shape index (κ1) is 21.2. The van der Waals surface area contributed by atoms with Gasteiger partial charge in [0.25, 0.3) is 17.7 Å². The number of aromatic nitrogens is 2. The Balaban J connectivity index is 1.38. The molecule has 1 aromatic heterocycles. The fourth-order valence-corrected chi connectivity index (χ4v) is 4.39. The molecule has 3 heterocycles. The summed E-state index contributed by atoms with van der Waals surface area (Å²) in [6.45, 7) is 1.85. The maximum absolute atomic E-state index is 13.4. The summed E-state index contributed by atoms with van der Waals surface area (Å²) in [6.07, 6.45) is 5.74. The summed E-state index contributed by atoms with van der Waals surface area (Å²) in [5.74, 6) is 0.886. The lowest BCUT2D eigenvalue weighted by molar-refractivity contribution is 0.0760. The molecule has 1 saturated heterocycles. The van der Waals surface area contributed by atoms with Crippen LogP contribution in [-0.2, 0) is 4.84 Å². The summed E-state index contributed by atoms with van der Waals surface area (Å²) in [6, 6.07) is 17.3. The molecule has 8 nitrogen and oxygen atoms in total. The van der Waals surface area contributed by atoms with Crippen LogP contribution in [0.3, 0.4) is 0 Å². The number of piperidine rings is 1. The molecule has 1 atom stereocenters. The molecule has 170 valence electrons. The van der Waals surface area contributed by atoms with Crippen molar-refractivity contribution < 1.29 is 14.2 Å². The fraction of sp³-hybridized carbons (Fsp3) is 0.320. The van der Waals surface area contributed by atoms with Crippen molar-refractivity contribution in [2.24, 2.45) is 0 Å². The number of rotatable bonds is 6. The smallest absolute Gasteiger partial charge is 0.266 e. The van der Waals surface area contributed by atoms with E-state index in [2.05, 4.69) is 20.5 Å². The number of amides is 1. The Morgan fingerprint density at radius 1 is 1.03 bits per heavy atom. The van der Waals surface area contributed by atoms with E-state index in [0.29, 0.717) is 23.8 Å². The molecule has 1 amide bonds. The topological polar surface area (TPSA) is 83.7 Å². The van der Waals surface area contributed by atoms with E-state index in [1.807, 2.05) is 54.6 Å². The van der Waals surface area contributed by atoms with Crippen LogP contribution in [0.5, 0.6) is 0 Å². The number of nitrogens with one attached hydrogen (secondary N) is 1. The summed E-state index contributed by atoms with van der Waals surface area (Å²) in [4.78, 5) is 27.0. The average molecular weight is 446 g/mol. The minimum Gasteiger partial charge on any atom is -0.338 e. The third kappa shape index (κ3) is 4.47. The minimum absolute atomic E-state index is 0.134. The van der Waals surface area contributed by atoms with Crippen LogP contribution in [0.4, 0.5) is 5.95 Å². The Hall–Kier alpha value is -3.65. The van der Waals surface area contributed by atoms with Crippen LogP contribution in [0.2, 0.25) is 0 Å². The molecule has 1 unspecified atom stereocenters. The Morgan fingerprint density at radius 3 is 2.48 bits per heavy atom. The minimum atomic E-state index is -0.394. The van der Waals surface area contributed by atoms with Gasteiger partial charge >= 0.3 is 0 Å². The molecular formula is C25H27N5O3. The maximum atomic E-state index is 13.4. The number of hydrogen-bond acceptors (Lipinski definition) is 7. The first-order valence-corrected chi connectivity index (χ1v) is 11.3. The normalized spacial score (nSPS) is 18.3. The second kappa shape index (κ2) is 9.46. The molecule has 0 radical (unpaired) electrons. The van der Waals surface area contributed by atoms with Gasteiger partial charge in [-0.15, -0.1) is 0 Å². The molecule has 5 rings (SSSR count). The van der Waals surface area contributed by atoms with Crippen LogP contribution in [0.1, 0.15) is 48.0 Å². The van der Waals surface area contributed by atoms with Gasteiger partial charge in [0.1, 0.15) is 6.04 Å². The Bertz CT molecular complexity index is 1120. The third-order valence-electron chi connectivity index (χ3n) is 6.11. The lowest BCUT2D eigenvalue weighted by Crippen LogP contribution is -2.30. The predicted octanol–water partition coefficient (Wildman–Crippen LogP) is 4.31. The van der Waals surface area contributed by atoms with Crippen LogP contribution in [-0.4, -0.2) is 41.1 Å². The van der Waals surface area contributed by atoms with Gasteiger partial charge in [0, 0.05) is 31.3 Å².